The molecule has 0 aromatic heterocycles. The Balaban J connectivity index is 1.61. The van der Waals surface area contributed by atoms with Crippen LogP contribution >= 0.6 is 11.6 Å². The van der Waals surface area contributed by atoms with Gasteiger partial charge in [-0.25, -0.2) is 0 Å². The molecule has 1 heterocycles. The summed E-state index contributed by atoms with van der Waals surface area (Å²) in [5.41, 5.74) is 2.56. The van der Waals surface area contributed by atoms with Crippen LogP contribution in [0.5, 0.6) is 5.75 Å². The Labute approximate surface area is 143 Å². The number of nitrogens with one attached hydrogen (secondary N) is 1. The summed E-state index contributed by atoms with van der Waals surface area (Å²) in [5, 5.41) is 4.42. The van der Waals surface area contributed by atoms with Crippen LogP contribution in [0.15, 0.2) is 48.5 Å². The van der Waals surface area contributed by atoms with Crippen molar-refractivity contribution in [2.75, 3.05) is 31.6 Å². The van der Waals surface area contributed by atoms with Gasteiger partial charge in [-0.05, 0) is 48.7 Å². The SMILES string of the molecule is CN1CCCC(NCCOc2ccccc2)c2cc(Cl)ccc21. The number of fused-ring (bicyclic) bond motifs is 1. The first-order chi connectivity index (χ1) is 11.2. The molecule has 122 valence electrons. The molecule has 0 aliphatic carbocycles. The van der Waals surface area contributed by atoms with Crippen molar-refractivity contribution >= 4 is 17.3 Å². The second-order valence-electron chi connectivity index (χ2n) is 5.94. The number of halogens is 1. The number of para-hydroxylation sites is 1. The third-order valence-electron chi connectivity index (χ3n) is 4.27. The topological polar surface area (TPSA) is 24.5 Å². The standard InChI is InChI=1S/C19H23ClN2O/c1-22-12-5-8-18(17-14-15(20)9-10-19(17)22)21-11-13-23-16-6-3-2-4-7-16/h2-4,6-7,9-10,14,18,21H,5,8,11-13H2,1H3. The fraction of sp³-hybridized carbons (Fsp3) is 0.368. The minimum Gasteiger partial charge on any atom is -0.492 e. The number of ether oxygens (including phenoxy) is 1. The van der Waals surface area contributed by atoms with Crippen LogP contribution in [0.25, 0.3) is 0 Å². The van der Waals surface area contributed by atoms with E-state index in [-0.39, 0.29) is 0 Å². The maximum Gasteiger partial charge on any atom is 0.119 e. The lowest BCUT2D eigenvalue weighted by molar-refractivity contribution is 0.303. The molecule has 3 nitrogen and oxygen atoms in total. The summed E-state index contributed by atoms with van der Waals surface area (Å²) in [6.07, 6.45) is 2.28. The lowest BCUT2D eigenvalue weighted by Crippen LogP contribution is -2.26. The van der Waals surface area contributed by atoms with Gasteiger partial charge >= 0.3 is 0 Å². The van der Waals surface area contributed by atoms with Crippen molar-refractivity contribution in [2.24, 2.45) is 0 Å². The molecular weight excluding hydrogens is 308 g/mol. The van der Waals surface area contributed by atoms with Crippen molar-refractivity contribution < 1.29 is 4.74 Å². The summed E-state index contributed by atoms with van der Waals surface area (Å²) in [6, 6.07) is 16.4. The molecule has 0 radical (unpaired) electrons. The molecule has 1 atom stereocenters. The third kappa shape index (κ3) is 4.18. The lowest BCUT2D eigenvalue weighted by Gasteiger charge is -2.22. The van der Waals surface area contributed by atoms with Crippen LogP contribution in [0.1, 0.15) is 24.4 Å². The van der Waals surface area contributed by atoms with Crippen molar-refractivity contribution in [2.45, 2.75) is 18.9 Å². The Morgan fingerprint density at radius 3 is 2.87 bits per heavy atom. The predicted molar refractivity (Wildman–Crippen MR) is 96.6 cm³/mol. The van der Waals surface area contributed by atoms with E-state index < -0.39 is 0 Å². The quantitative estimate of drug-likeness (QED) is 0.828. The van der Waals surface area contributed by atoms with Gasteiger partial charge in [0.2, 0.25) is 0 Å². The highest BCUT2D eigenvalue weighted by Crippen LogP contribution is 2.34. The van der Waals surface area contributed by atoms with Crippen molar-refractivity contribution in [3.8, 4) is 5.75 Å². The molecule has 0 fully saturated rings. The van der Waals surface area contributed by atoms with E-state index in [2.05, 4.69) is 29.4 Å². The van der Waals surface area contributed by atoms with E-state index in [4.69, 9.17) is 16.3 Å². The Morgan fingerprint density at radius 1 is 1.22 bits per heavy atom. The van der Waals surface area contributed by atoms with E-state index in [1.165, 1.54) is 17.7 Å². The van der Waals surface area contributed by atoms with Gasteiger partial charge in [-0.3, -0.25) is 0 Å². The van der Waals surface area contributed by atoms with Gasteiger partial charge in [0, 0.05) is 36.9 Å². The van der Waals surface area contributed by atoms with Crippen molar-refractivity contribution in [1.29, 1.82) is 0 Å². The van der Waals surface area contributed by atoms with Crippen LogP contribution in [0.3, 0.4) is 0 Å². The average Bonchev–Trinajstić information content (AvgIpc) is 2.72. The highest BCUT2D eigenvalue weighted by molar-refractivity contribution is 6.30. The van der Waals surface area contributed by atoms with Crippen LogP contribution in [-0.4, -0.2) is 26.7 Å². The molecule has 3 rings (SSSR count). The lowest BCUT2D eigenvalue weighted by atomic mass is 10.0. The van der Waals surface area contributed by atoms with Crippen LogP contribution < -0.4 is 15.0 Å². The third-order valence-corrected chi connectivity index (χ3v) is 4.50. The molecule has 23 heavy (non-hydrogen) atoms. The molecule has 0 saturated carbocycles. The average molecular weight is 331 g/mol. The summed E-state index contributed by atoms with van der Waals surface area (Å²) in [5.74, 6) is 0.915. The number of rotatable bonds is 5. The molecule has 1 unspecified atom stereocenters. The van der Waals surface area contributed by atoms with E-state index in [0.29, 0.717) is 12.6 Å². The fourth-order valence-electron chi connectivity index (χ4n) is 3.09. The summed E-state index contributed by atoms with van der Waals surface area (Å²) in [4.78, 5) is 2.31. The van der Waals surface area contributed by atoms with Gasteiger partial charge in [0.15, 0.2) is 0 Å². The molecule has 0 spiro atoms. The van der Waals surface area contributed by atoms with Gasteiger partial charge in [-0.15, -0.1) is 0 Å². The van der Waals surface area contributed by atoms with Gasteiger partial charge in [0.25, 0.3) is 0 Å². The van der Waals surface area contributed by atoms with Crippen LogP contribution in [0.2, 0.25) is 5.02 Å². The van der Waals surface area contributed by atoms with Gasteiger partial charge in [0.1, 0.15) is 12.4 Å². The van der Waals surface area contributed by atoms with Gasteiger partial charge in [-0.2, -0.15) is 0 Å². The monoisotopic (exact) mass is 330 g/mol. The van der Waals surface area contributed by atoms with Gasteiger partial charge < -0.3 is 15.0 Å². The zero-order valence-electron chi connectivity index (χ0n) is 13.5. The van der Waals surface area contributed by atoms with Gasteiger partial charge in [0.05, 0.1) is 0 Å². The number of hydrogen-bond acceptors (Lipinski definition) is 3. The Kier molecular flexibility index (Phi) is 5.42. The van der Waals surface area contributed by atoms with Crippen LogP contribution in [0.4, 0.5) is 5.69 Å². The highest BCUT2D eigenvalue weighted by atomic mass is 35.5. The maximum absolute atomic E-state index is 6.21. The summed E-state index contributed by atoms with van der Waals surface area (Å²) < 4.78 is 5.76. The molecule has 1 N–H and O–H groups in total. The van der Waals surface area contributed by atoms with E-state index in [9.17, 15) is 0 Å². The summed E-state index contributed by atoms with van der Waals surface area (Å²) in [6.45, 7) is 2.55. The molecule has 1 aliphatic rings. The molecule has 0 bridgehead atoms. The molecule has 0 amide bonds. The first kappa shape index (κ1) is 16.2. The summed E-state index contributed by atoms with van der Waals surface area (Å²) in [7, 11) is 2.15. The minimum absolute atomic E-state index is 0.327. The Hall–Kier alpha value is -1.71. The Bertz CT molecular complexity index is 633. The zero-order valence-corrected chi connectivity index (χ0v) is 14.2. The first-order valence-electron chi connectivity index (χ1n) is 8.16. The predicted octanol–water partition coefficient (Wildman–Crippen LogP) is 4.28. The van der Waals surface area contributed by atoms with Gasteiger partial charge in [-0.1, -0.05) is 29.8 Å². The number of benzene rings is 2. The molecule has 4 heteroatoms. The smallest absolute Gasteiger partial charge is 0.119 e. The van der Waals surface area contributed by atoms with E-state index in [1.54, 1.807) is 0 Å². The molecule has 2 aromatic rings. The van der Waals surface area contributed by atoms with Crippen molar-refractivity contribution in [3.63, 3.8) is 0 Å². The summed E-state index contributed by atoms with van der Waals surface area (Å²) >= 11 is 6.21. The zero-order chi connectivity index (χ0) is 16.1. The minimum atomic E-state index is 0.327. The normalized spacial score (nSPS) is 17.5. The van der Waals surface area contributed by atoms with Crippen LogP contribution in [0, 0.1) is 0 Å². The first-order valence-corrected chi connectivity index (χ1v) is 8.53. The molecule has 0 saturated heterocycles. The van der Waals surface area contributed by atoms with E-state index in [1.807, 2.05) is 36.4 Å². The largest absolute Gasteiger partial charge is 0.492 e. The number of hydrogen-bond donors (Lipinski definition) is 1. The number of anilines is 1. The fourth-order valence-corrected chi connectivity index (χ4v) is 3.27. The van der Waals surface area contributed by atoms with Crippen molar-refractivity contribution in [3.05, 3.63) is 59.1 Å². The molecule has 2 aromatic carbocycles. The molecule has 1 aliphatic heterocycles. The second kappa shape index (κ2) is 7.71. The second-order valence-corrected chi connectivity index (χ2v) is 6.37. The highest BCUT2D eigenvalue weighted by Gasteiger charge is 2.21. The maximum atomic E-state index is 6.21. The van der Waals surface area contributed by atoms with Crippen molar-refractivity contribution in [1.82, 2.24) is 5.32 Å². The Morgan fingerprint density at radius 2 is 2.04 bits per heavy atom. The van der Waals surface area contributed by atoms with E-state index >= 15 is 0 Å². The van der Waals surface area contributed by atoms with E-state index in [0.717, 1.165) is 30.3 Å². The molecular formula is C19H23ClN2O. The van der Waals surface area contributed by atoms with Crippen LogP contribution in [-0.2, 0) is 0 Å². The number of nitrogens with zero attached hydrogens (tertiary/aromatic N) is 1.